The zero-order valence-corrected chi connectivity index (χ0v) is 15.5. The van der Waals surface area contributed by atoms with E-state index < -0.39 is 0 Å². The number of hydrogen-bond donors (Lipinski definition) is 1. The lowest BCUT2D eigenvalue weighted by Crippen LogP contribution is -2.21. The summed E-state index contributed by atoms with van der Waals surface area (Å²) in [4.78, 5) is 2.35. The van der Waals surface area contributed by atoms with Crippen LogP contribution in [-0.2, 0) is 6.54 Å². The number of anilines is 2. The molecule has 0 bridgehead atoms. The van der Waals surface area contributed by atoms with Crippen molar-refractivity contribution in [2.45, 2.75) is 13.5 Å². The van der Waals surface area contributed by atoms with E-state index in [1.165, 1.54) is 11.3 Å². The van der Waals surface area contributed by atoms with Crippen molar-refractivity contribution < 1.29 is 0 Å². The van der Waals surface area contributed by atoms with Gasteiger partial charge in [0.2, 0.25) is 0 Å². The molecule has 26 heavy (non-hydrogen) atoms. The molecule has 0 saturated carbocycles. The summed E-state index contributed by atoms with van der Waals surface area (Å²) in [5.41, 5.74) is 7.31. The molecule has 4 heteroatoms. The van der Waals surface area contributed by atoms with Crippen molar-refractivity contribution >= 4 is 29.2 Å². The van der Waals surface area contributed by atoms with Gasteiger partial charge in [-0.25, -0.2) is 0 Å². The van der Waals surface area contributed by atoms with Gasteiger partial charge in [-0.1, -0.05) is 66.2 Å². The molecular formula is C22H22ClN3. The minimum absolute atomic E-state index is 0.652. The van der Waals surface area contributed by atoms with Crippen LogP contribution >= 0.6 is 11.6 Å². The summed E-state index contributed by atoms with van der Waals surface area (Å²) in [5.74, 6) is 0. The zero-order chi connectivity index (χ0) is 18.2. The van der Waals surface area contributed by atoms with E-state index in [2.05, 4.69) is 70.9 Å². The third kappa shape index (κ3) is 4.87. The van der Waals surface area contributed by atoms with E-state index in [-0.39, 0.29) is 0 Å². The quantitative estimate of drug-likeness (QED) is 0.423. The Kier molecular flexibility index (Phi) is 6.29. The molecule has 0 heterocycles. The Labute approximate surface area is 159 Å². The first-order valence-electron chi connectivity index (χ1n) is 8.69. The minimum atomic E-state index is 0.652. The Morgan fingerprint density at radius 1 is 0.923 bits per heavy atom. The van der Waals surface area contributed by atoms with Crippen LogP contribution in [-0.4, -0.2) is 12.8 Å². The molecule has 0 radical (unpaired) electrons. The normalized spacial score (nSPS) is 10.8. The van der Waals surface area contributed by atoms with Crippen LogP contribution in [0.3, 0.4) is 0 Å². The molecule has 0 atom stereocenters. The predicted octanol–water partition coefficient (Wildman–Crippen LogP) is 5.81. The summed E-state index contributed by atoms with van der Waals surface area (Å²) in [6.45, 7) is 4.03. The summed E-state index contributed by atoms with van der Waals surface area (Å²) >= 11 is 6.10. The van der Waals surface area contributed by atoms with Crippen LogP contribution in [0.2, 0.25) is 5.02 Å². The van der Waals surface area contributed by atoms with Crippen LogP contribution in [0, 0.1) is 0 Å². The van der Waals surface area contributed by atoms with Gasteiger partial charge in [0.1, 0.15) is 0 Å². The van der Waals surface area contributed by atoms with Gasteiger partial charge in [-0.15, -0.1) is 0 Å². The molecule has 3 aromatic rings. The Morgan fingerprint density at radius 3 is 2.31 bits per heavy atom. The molecule has 3 nitrogen and oxygen atoms in total. The largest absolute Gasteiger partial charge is 0.367 e. The summed E-state index contributed by atoms with van der Waals surface area (Å²) in [6.07, 6.45) is 1.79. The van der Waals surface area contributed by atoms with Gasteiger partial charge in [0, 0.05) is 18.8 Å². The number of nitrogens with one attached hydrogen (secondary N) is 1. The maximum Gasteiger partial charge on any atom is 0.0748 e. The van der Waals surface area contributed by atoms with E-state index >= 15 is 0 Å². The molecule has 0 aliphatic heterocycles. The highest BCUT2D eigenvalue weighted by atomic mass is 35.5. The lowest BCUT2D eigenvalue weighted by Gasteiger charge is -2.23. The molecule has 132 valence electrons. The lowest BCUT2D eigenvalue weighted by atomic mass is 10.1. The third-order valence-electron chi connectivity index (χ3n) is 4.13. The van der Waals surface area contributed by atoms with Gasteiger partial charge >= 0.3 is 0 Å². The maximum atomic E-state index is 6.10. The predicted molar refractivity (Wildman–Crippen MR) is 112 cm³/mol. The number of nitrogens with zero attached hydrogens (tertiary/aromatic N) is 2. The highest BCUT2D eigenvalue weighted by molar-refractivity contribution is 6.33. The average molecular weight is 364 g/mol. The van der Waals surface area contributed by atoms with Crippen molar-refractivity contribution in [1.29, 1.82) is 0 Å². The molecule has 3 rings (SSSR count). The van der Waals surface area contributed by atoms with Gasteiger partial charge < -0.3 is 4.90 Å². The molecule has 0 spiro atoms. The standard InChI is InChI=1S/C22H22ClN3/c1-2-26(17-19-8-4-3-5-9-19)20-14-12-18(13-15-20)16-24-25-22-11-7-6-10-21(22)23/h3-16,25H,2,17H2,1H3. The van der Waals surface area contributed by atoms with Gasteiger partial charge in [0.25, 0.3) is 0 Å². The van der Waals surface area contributed by atoms with Crippen molar-refractivity contribution in [2.75, 3.05) is 16.9 Å². The van der Waals surface area contributed by atoms with Crippen molar-refractivity contribution in [3.8, 4) is 0 Å². The number of hydrogen-bond acceptors (Lipinski definition) is 3. The van der Waals surface area contributed by atoms with Crippen LogP contribution in [0.25, 0.3) is 0 Å². The number of hydrazone groups is 1. The second-order valence-electron chi connectivity index (χ2n) is 5.94. The summed E-state index contributed by atoms with van der Waals surface area (Å²) in [5, 5.41) is 4.91. The monoisotopic (exact) mass is 363 g/mol. The summed E-state index contributed by atoms with van der Waals surface area (Å²) in [7, 11) is 0. The Balaban J connectivity index is 1.63. The fourth-order valence-electron chi connectivity index (χ4n) is 2.69. The van der Waals surface area contributed by atoms with E-state index in [1.54, 1.807) is 6.21 Å². The molecule has 0 aromatic heterocycles. The van der Waals surface area contributed by atoms with Gasteiger partial charge in [0.05, 0.1) is 16.9 Å². The summed E-state index contributed by atoms with van der Waals surface area (Å²) in [6, 6.07) is 26.5. The highest BCUT2D eigenvalue weighted by Gasteiger charge is 2.05. The lowest BCUT2D eigenvalue weighted by molar-refractivity contribution is 0.832. The number of rotatable bonds is 7. The van der Waals surface area contributed by atoms with E-state index in [0.717, 1.165) is 24.3 Å². The van der Waals surface area contributed by atoms with E-state index in [9.17, 15) is 0 Å². The van der Waals surface area contributed by atoms with Crippen molar-refractivity contribution in [1.82, 2.24) is 0 Å². The average Bonchev–Trinajstić information content (AvgIpc) is 2.69. The first kappa shape index (κ1) is 18.0. The highest BCUT2D eigenvalue weighted by Crippen LogP contribution is 2.20. The smallest absolute Gasteiger partial charge is 0.0748 e. The second kappa shape index (κ2) is 9.07. The molecule has 0 saturated heterocycles. The second-order valence-corrected chi connectivity index (χ2v) is 6.35. The molecular weight excluding hydrogens is 342 g/mol. The van der Waals surface area contributed by atoms with E-state index in [0.29, 0.717) is 5.02 Å². The fourth-order valence-corrected chi connectivity index (χ4v) is 2.87. The minimum Gasteiger partial charge on any atom is -0.367 e. The molecule has 1 N–H and O–H groups in total. The fraction of sp³-hybridized carbons (Fsp3) is 0.136. The zero-order valence-electron chi connectivity index (χ0n) is 14.8. The number of para-hydroxylation sites is 1. The molecule has 0 fully saturated rings. The van der Waals surface area contributed by atoms with Crippen LogP contribution in [0.1, 0.15) is 18.1 Å². The van der Waals surface area contributed by atoms with E-state index in [1.807, 2.05) is 30.3 Å². The first-order chi connectivity index (χ1) is 12.8. The Bertz CT molecular complexity index is 845. The van der Waals surface area contributed by atoms with Crippen molar-refractivity contribution in [2.24, 2.45) is 5.10 Å². The van der Waals surface area contributed by atoms with Gasteiger partial charge in [-0.05, 0) is 42.3 Å². The SMILES string of the molecule is CCN(Cc1ccccc1)c1ccc(C=NNc2ccccc2Cl)cc1. The first-order valence-corrected chi connectivity index (χ1v) is 9.06. The Hall–Kier alpha value is -2.78. The topological polar surface area (TPSA) is 27.6 Å². The number of benzene rings is 3. The van der Waals surface area contributed by atoms with Crippen LogP contribution in [0.15, 0.2) is 84.0 Å². The van der Waals surface area contributed by atoms with E-state index in [4.69, 9.17) is 11.6 Å². The van der Waals surface area contributed by atoms with Crippen molar-refractivity contribution in [3.05, 3.63) is 95.0 Å². The van der Waals surface area contributed by atoms with Crippen LogP contribution < -0.4 is 10.3 Å². The maximum absolute atomic E-state index is 6.10. The Morgan fingerprint density at radius 2 is 1.62 bits per heavy atom. The molecule has 3 aromatic carbocycles. The number of halogens is 1. The summed E-state index contributed by atoms with van der Waals surface area (Å²) < 4.78 is 0. The van der Waals surface area contributed by atoms with Crippen LogP contribution in [0.4, 0.5) is 11.4 Å². The molecule has 0 aliphatic rings. The van der Waals surface area contributed by atoms with Gasteiger partial charge in [0.15, 0.2) is 0 Å². The molecule has 0 amide bonds. The molecule has 0 unspecified atom stereocenters. The van der Waals surface area contributed by atoms with Crippen LogP contribution in [0.5, 0.6) is 0 Å². The van der Waals surface area contributed by atoms with Crippen molar-refractivity contribution in [3.63, 3.8) is 0 Å². The third-order valence-corrected chi connectivity index (χ3v) is 4.46. The van der Waals surface area contributed by atoms with Gasteiger partial charge in [-0.3, -0.25) is 5.43 Å². The van der Waals surface area contributed by atoms with Gasteiger partial charge in [-0.2, -0.15) is 5.10 Å². The molecule has 0 aliphatic carbocycles.